The summed E-state index contributed by atoms with van der Waals surface area (Å²) in [5, 5.41) is 15.1. The average Bonchev–Trinajstić information content (AvgIpc) is 1.84. The fourth-order valence-electron chi connectivity index (χ4n) is 0.544. The molecule has 0 aliphatic rings. The lowest BCUT2D eigenvalue weighted by molar-refractivity contribution is -0.146. The molecule has 0 fully saturated rings. The van der Waals surface area contributed by atoms with Gasteiger partial charge in [0.15, 0.2) is 0 Å². The smallest absolute Gasteiger partial charge is 0.378 e. The van der Waals surface area contributed by atoms with Gasteiger partial charge in [-0.05, 0) is 6.92 Å². The van der Waals surface area contributed by atoms with Crippen LogP contribution in [-0.4, -0.2) is 28.6 Å². The molecule has 0 aliphatic carbocycles. The highest BCUT2D eigenvalue weighted by Gasteiger charge is 2.18. The molecule has 0 radical (unpaired) electrons. The summed E-state index contributed by atoms with van der Waals surface area (Å²) in [5.74, 6) is -2.78. The topological polar surface area (TPSA) is 104 Å². The second-order valence-electron chi connectivity index (χ2n) is 2.29. The molecular formula is C6H10N2O3. The molecule has 0 spiro atoms. The molecular weight excluding hydrogens is 148 g/mol. The monoisotopic (exact) mass is 158 g/mol. The van der Waals surface area contributed by atoms with Crippen molar-refractivity contribution in [3.8, 4) is 0 Å². The molecule has 11 heavy (non-hydrogen) atoms. The summed E-state index contributed by atoms with van der Waals surface area (Å²) in [6.45, 7) is 1.60. The molecule has 0 amide bonds. The molecule has 0 bridgehead atoms. The highest BCUT2D eigenvalue weighted by Crippen LogP contribution is 1.90. The number of carbonyl (C=O) groups is 2. The third kappa shape index (κ3) is 3.47. The fourth-order valence-corrected chi connectivity index (χ4v) is 0.544. The Balaban J connectivity index is 4.05. The Labute approximate surface area is 63.7 Å². The van der Waals surface area contributed by atoms with Gasteiger partial charge >= 0.3 is 5.97 Å². The third-order valence-corrected chi connectivity index (χ3v) is 0.994. The van der Waals surface area contributed by atoms with Gasteiger partial charge < -0.3 is 16.2 Å². The zero-order chi connectivity index (χ0) is 9.02. The van der Waals surface area contributed by atoms with Crippen LogP contribution in [-0.2, 0) is 9.59 Å². The summed E-state index contributed by atoms with van der Waals surface area (Å²) in [6.07, 6.45) is 0.00509. The molecule has 62 valence electrons. The first-order valence-corrected chi connectivity index (χ1v) is 3.05. The number of carboxylic acids is 1. The van der Waals surface area contributed by atoms with E-state index in [1.807, 2.05) is 0 Å². The van der Waals surface area contributed by atoms with E-state index in [4.69, 9.17) is 16.2 Å². The number of carboxylic acid groups (broad SMARTS) is 1. The van der Waals surface area contributed by atoms with Crippen molar-refractivity contribution in [2.75, 3.05) is 0 Å². The van der Waals surface area contributed by atoms with E-state index in [-0.39, 0.29) is 12.5 Å². The van der Waals surface area contributed by atoms with E-state index in [0.717, 1.165) is 0 Å². The Bertz CT molecular complexity index is 198. The number of hydrogen-bond acceptors (Lipinski definition) is 4. The molecule has 0 aromatic heterocycles. The largest absolute Gasteiger partial charge is 0.475 e. The van der Waals surface area contributed by atoms with Crippen molar-refractivity contribution in [2.45, 2.75) is 19.4 Å². The summed E-state index contributed by atoms with van der Waals surface area (Å²) in [5.41, 5.74) is 4.79. The van der Waals surface area contributed by atoms with Crippen LogP contribution in [0.2, 0.25) is 0 Å². The Hall–Kier alpha value is -1.23. The number of Topliss-reactive ketones (excluding diaryl/α,β-unsaturated/α-hetero) is 1. The van der Waals surface area contributed by atoms with Gasteiger partial charge in [-0.15, -0.1) is 0 Å². The van der Waals surface area contributed by atoms with Crippen LogP contribution in [0.25, 0.3) is 0 Å². The van der Waals surface area contributed by atoms with Crippen molar-refractivity contribution in [3.63, 3.8) is 0 Å². The van der Waals surface area contributed by atoms with E-state index in [1.54, 1.807) is 6.92 Å². The van der Waals surface area contributed by atoms with Gasteiger partial charge in [-0.25, -0.2) is 4.79 Å². The van der Waals surface area contributed by atoms with Crippen LogP contribution < -0.4 is 5.73 Å². The van der Waals surface area contributed by atoms with Crippen molar-refractivity contribution >= 4 is 17.5 Å². The van der Waals surface area contributed by atoms with Crippen LogP contribution in [0, 0.1) is 5.41 Å². The number of rotatable bonds is 4. The van der Waals surface area contributed by atoms with Crippen molar-refractivity contribution in [1.82, 2.24) is 0 Å². The normalized spacial score (nSPS) is 12.2. The molecule has 1 unspecified atom stereocenters. The third-order valence-electron chi connectivity index (χ3n) is 0.994. The molecule has 0 saturated heterocycles. The van der Waals surface area contributed by atoms with Crippen molar-refractivity contribution in [3.05, 3.63) is 0 Å². The highest BCUT2D eigenvalue weighted by atomic mass is 16.4. The quantitative estimate of drug-likeness (QED) is 0.375. The lowest BCUT2D eigenvalue weighted by atomic mass is 10.1. The van der Waals surface area contributed by atoms with Gasteiger partial charge in [0.05, 0.1) is 5.71 Å². The highest BCUT2D eigenvalue weighted by molar-refractivity contribution is 6.62. The lowest BCUT2D eigenvalue weighted by Crippen LogP contribution is -2.28. The van der Waals surface area contributed by atoms with Crippen LogP contribution in [0.1, 0.15) is 13.3 Å². The zero-order valence-corrected chi connectivity index (χ0v) is 6.13. The fraction of sp³-hybridized carbons (Fsp3) is 0.500. The molecule has 4 N–H and O–H groups in total. The van der Waals surface area contributed by atoms with Crippen LogP contribution in [0.5, 0.6) is 0 Å². The van der Waals surface area contributed by atoms with Crippen molar-refractivity contribution in [2.24, 2.45) is 5.73 Å². The standard InChI is InChI=1S/C6H10N2O3/c1-3(7)2-4(8)5(9)6(10)11/h3,8H,2,7H2,1H3,(H,10,11). The maximum Gasteiger partial charge on any atom is 0.378 e. The van der Waals surface area contributed by atoms with Gasteiger partial charge in [0.25, 0.3) is 5.78 Å². The zero-order valence-electron chi connectivity index (χ0n) is 6.13. The van der Waals surface area contributed by atoms with Crippen LogP contribution in [0.4, 0.5) is 0 Å². The summed E-state index contributed by atoms with van der Waals surface area (Å²) in [7, 11) is 0. The van der Waals surface area contributed by atoms with Crippen molar-refractivity contribution < 1.29 is 14.7 Å². The number of nitrogens with one attached hydrogen (secondary N) is 1. The first kappa shape index (κ1) is 9.77. The second kappa shape index (κ2) is 3.82. The van der Waals surface area contributed by atoms with Crippen molar-refractivity contribution in [1.29, 1.82) is 5.41 Å². The minimum atomic E-state index is -1.60. The number of carbonyl (C=O) groups excluding carboxylic acids is 1. The minimum absolute atomic E-state index is 0.00509. The molecule has 0 saturated carbocycles. The second-order valence-corrected chi connectivity index (χ2v) is 2.29. The average molecular weight is 158 g/mol. The summed E-state index contributed by atoms with van der Waals surface area (Å²) in [4.78, 5) is 20.5. The van der Waals surface area contributed by atoms with Gasteiger partial charge in [-0.1, -0.05) is 0 Å². The van der Waals surface area contributed by atoms with Gasteiger partial charge in [-0.3, -0.25) is 4.79 Å². The molecule has 5 heteroatoms. The molecule has 0 aromatic rings. The number of ketones is 1. The summed E-state index contributed by atoms with van der Waals surface area (Å²) >= 11 is 0. The first-order chi connectivity index (χ1) is 4.95. The molecule has 1 atom stereocenters. The van der Waals surface area contributed by atoms with E-state index in [9.17, 15) is 9.59 Å². The Morgan fingerprint density at radius 2 is 2.09 bits per heavy atom. The SMILES string of the molecule is CC(N)CC(=N)C(=O)C(=O)O. The van der Waals surface area contributed by atoms with E-state index in [1.165, 1.54) is 0 Å². The molecule has 0 rings (SSSR count). The Kier molecular flexibility index (Phi) is 3.39. The number of aliphatic carboxylic acids is 1. The molecule has 0 aliphatic heterocycles. The molecule has 5 nitrogen and oxygen atoms in total. The predicted octanol–water partition coefficient (Wildman–Crippen LogP) is -0.603. The Morgan fingerprint density at radius 3 is 2.36 bits per heavy atom. The minimum Gasteiger partial charge on any atom is -0.475 e. The van der Waals surface area contributed by atoms with Gasteiger partial charge in [0.2, 0.25) is 0 Å². The molecule has 0 aromatic carbocycles. The first-order valence-electron chi connectivity index (χ1n) is 3.05. The van der Waals surface area contributed by atoms with E-state index >= 15 is 0 Å². The lowest BCUT2D eigenvalue weighted by Gasteiger charge is -2.02. The number of hydrogen-bond donors (Lipinski definition) is 3. The van der Waals surface area contributed by atoms with E-state index in [2.05, 4.69) is 0 Å². The van der Waals surface area contributed by atoms with Gasteiger partial charge in [-0.2, -0.15) is 0 Å². The Morgan fingerprint density at radius 1 is 1.64 bits per heavy atom. The molecule has 0 heterocycles. The van der Waals surface area contributed by atoms with E-state index < -0.39 is 17.5 Å². The maximum absolute atomic E-state index is 10.5. The van der Waals surface area contributed by atoms with Crippen LogP contribution in [0.3, 0.4) is 0 Å². The predicted molar refractivity (Wildman–Crippen MR) is 38.6 cm³/mol. The van der Waals surface area contributed by atoms with Gasteiger partial charge in [0, 0.05) is 12.5 Å². The summed E-state index contributed by atoms with van der Waals surface area (Å²) < 4.78 is 0. The number of nitrogens with two attached hydrogens (primary N) is 1. The van der Waals surface area contributed by atoms with Crippen LogP contribution >= 0.6 is 0 Å². The van der Waals surface area contributed by atoms with Gasteiger partial charge in [0.1, 0.15) is 0 Å². The summed E-state index contributed by atoms with van der Waals surface area (Å²) in [6, 6.07) is -0.356. The van der Waals surface area contributed by atoms with Crippen LogP contribution in [0.15, 0.2) is 0 Å². The maximum atomic E-state index is 10.5. The van der Waals surface area contributed by atoms with E-state index in [0.29, 0.717) is 0 Å².